The van der Waals surface area contributed by atoms with E-state index in [1.165, 1.54) is 0 Å². The van der Waals surface area contributed by atoms with Gasteiger partial charge in [0.2, 0.25) is 0 Å². The minimum atomic E-state index is -4.52. The van der Waals surface area contributed by atoms with Crippen LogP contribution >= 0.6 is 11.6 Å². The highest BCUT2D eigenvalue weighted by Gasteiger charge is 2.29. The van der Waals surface area contributed by atoms with Crippen LogP contribution in [0, 0.1) is 0 Å². The third-order valence-corrected chi connectivity index (χ3v) is 2.52. The average Bonchev–Trinajstić information content (AvgIpc) is 2.31. The molecule has 0 bridgehead atoms. The maximum absolute atomic E-state index is 12.2. The molecule has 1 heterocycles. The van der Waals surface area contributed by atoms with Gasteiger partial charge >= 0.3 is 6.18 Å². The number of alkyl halides is 3. The van der Waals surface area contributed by atoms with Crippen molar-refractivity contribution in [3.8, 4) is 0 Å². The van der Waals surface area contributed by atoms with Gasteiger partial charge in [-0.25, -0.2) is 4.68 Å². The smallest absolute Gasteiger partial charge is 0.385 e. The standard InChI is InChI=1S/C10H13ClF3N3O2/c1-19-4-2-3-15-7-5-16-17(6-10(12,13)14)9(18)8(7)11/h5,15H,2-4,6H2,1H3. The Hall–Kier alpha value is -1.28. The molecule has 0 radical (unpaired) electrons. The maximum atomic E-state index is 12.2. The van der Waals surface area contributed by atoms with Crippen molar-refractivity contribution in [3.05, 3.63) is 21.6 Å². The van der Waals surface area contributed by atoms with Crippen LogP contribution in [0.3, 0.4) is 0 Å². The van der Waals surface area contributed by atoms with Gasteiger partial charge in [0.1, 0.15) is 11.6 Å². The molecule has 9 heteroatoms. The number of nitrogens with one attached hydrogen (secondary N) is 1. The Morgan fingerprint density at radius 1 is 1.53 bits per heavy atom. The fourth-order valence-electron chi connectivity index (χ4n) is 1.31. The van der Waals surface area contributed by atoms with Gasteiger partial charge in [-0.15, -0.1) is 0 Å². The fraction of sp³-hybridized carbons (Fsp3) is 0.600. The van der Waals surface area contributed by atoms with Crippen molar-refractivity contribution in [3.63, 3.8) is 0 Å². The molecule has 19 heavy (non-hydrogen) atoms. The molecule has 5 nitrogen and oxygen atoms in total. The van der Waals surface area contributed by atoms with Gasteiger partial charge in [0.15, 0.2) is 0 Å². The summed E-state index contributed by atoms with van der Waals surface area (Å²) in [7, 11) is 1.55. The average molecular weight is 300 g/mol. The zero-order valence-corrected chi connectivity index (χ0v) is 10.9. The molecule has 108 valence electrons. The summed E-state index contributed by atoms with van der Waals surface area (Å²) in [6, 6.07) is 0. The molecule has 0 fully saturated rings. The van der Waals surface area contributed by atoms with Gasteiger partial charge in [-0.1, -0.05) is 11.6 Å². The second kappa shape index (κ2) is 6.76. The van der Waals surface area contributed by atoms with Gasteiger partial charge in [0.25, 0.3) is 5.56 Å². The Bertz CT molecular complexity index is 476. The third kappa shape index (κ3) is 5.07. The molecule has 1 N–H and O–H groups in total. The van der Waals surface area contributed by atoms with Crippen LogP contribution in [0.25, 0.3) is 0 Å². The lowest BCUT2D eigenvalue weighted by Gasteiger charge is -2.11. The van der Waals surface area contributed by atoms with Crippen LogP contribution in [0.4, 0.5) is 18.9 Å². The largest absolute Gasteiger partial charge is 0.408 e. The highest BCUT2D eigenvalue weighted by molar-refractivity contribution is 6.32. The zero-order chi connectivity index (χ0) is 14.5. The molecule has 0 aliphatic heterocycles. The first-order valence-corrected chi connectivity index (χ1v) is 5.78. The molecule has 0 saturated carbocycles. The first-order valence-electron chi connectivity index (χ1n) is 5.40. The number of methoxy groups -OCH3 is 1. The number of rotatable bonds is 6. The van der Waals surface area contributed by atoms with E-state index < -0.39 is 18.3 Å². The Balaban J connectivity index is 2.77. The normalized spacial score (nSPS) is 11.6. The van der Waals surface area contributed by atoms with E-state index in [2.05, 4.69) is 10.4 Å². The highest BCUT2D eigenvalue weighted by Crippen LogP contribution is 2.18. The number of ether oxygens (including phenoxy) is 1. The van der Waals surface area contributed by atoms with Gasteiger partial charge in [-0.3, -0.25) is 4.79 Å². The van der Waals surface area contributed by atoms with E-state index >= 15 is 0 Å². The summed E-state index contributed by atoms with van der Waals surface area (Å²) >= 11 is 5.71. The van der Waals surface area contributed by atoms with Gasteiger partial charge in [-0.05, 0) is 6.42 Å². The lowest BCUT2D eigenvalue weighted by molar-refractivity contribution is -0.143. The van der Waals surface area contributed by atoms with Crippen LogP contribution in [0.1, 0.15) is 6.42 Å². The summed E-state index contributed by atoms with van der Waals surface area (Å²) in [4.78, 5) is 11.6. The summed E-state index contributed by atoms with van der Waals surface area (Å²) in [6.07, 6.45) is -2.76. The first kappa shape index (κ1) is 15.8. The quantitative estimate of drug-likeness (QED) is 0.815. The summed E-state index contributed by atoms with van der Waals surface area (Å²) < 4.78 is 41.6. The molecule has 0 aromatic carbocycles. The summed E-state index contributed by atoms with van der Waals surface area (Å²) in [6.45, 7) is -0.476. The molecule has 0 unspecified atom stereocenters. The molecule has 0 saturated heterocycles. The Kier molecular flexibility index (Phi) is 5.61. The third-order valence-electron chi connectivity index (χ3n) is 2.15. The molecular weight excluding hydrogens is 287 g/mol. The monoisotopic (exact) mass is 299 g/mol. The van der Waals surface area contributed by atoms with Gasteiger partial charge in [0, 0.05) is 20.3 Å². The minimum Gasteiger partial charge on any atom is -0.385 e. The highest BCUT2D eigenvalue weighted by atomic mass is 35.5. The Labute approximate surface area is 112 Å². The van der Waals surface area contributed by atoms with Crippen LogP contribution in [0.15, 0.2) is 11.0 Å². The summed E-state index contributed by atoms with van der Waals surface area (Å²) in [5.41, 5.74) is -0.767. The second-order valence-electron chi connectivity index (χ2n) is 3.72. The maximum Gasteiger partial charge on any atom is 0.408 e. The Morgan fingerprint density at radius 3 is 2.79 bits per heavy atom. The summed E-state index contributed by atoms with van der Waals surface area (Å²) in [5, 5.41) is 5.93. The topological polar surface area (TPSA) is 56.1 Å². The van der Waals surface area contributed by atoms with Crippen molar-refractivity contribution >= 4 is 17.3 Å². The predicted molar refractivity (Wildman–Crippen MR) is 64.5 cm³/mol. The van der Waals surface area contributed by atoms with E-state index in [0.29, 0.717) is 19.6 Å². The van der Waals surface area contributed by atoms with Crippen molar-refractivity contribution < 1.29 is 17.9 Å². The molecule has 0 atom stereocenters. The molecule has 1 aromatic rings. The van der Waals surface area contributed by atoms with Crippen LogP contribution in [0.5, 0.6) is 0 Å². The lowest BCUT2D eigenvalue weighted by Crippen LogP contribution is -2.30. The Morgan fingerprint density at radius 2 is 2.21 bits per heavy atom. The molecule has 0 spiro atoms. The van der Waals surface area contributed by atoms with E-state index in [1.807, 2.05) is 0 Å². The van der Waals surface area contributed by atoms with Crippen LogP contribution in [0.2, 0.25) is 5.02 Å². The molecule has 0 amide bonds. The second-order valence-corrected chi connectivity index (χ2v) is 4.10. The number of halogens is 4. The van der Waals surface area contributed by atoms with E-state index in [9.17, 15) is 18.0 Å². The van der Waals surface area contributed by atoms with Gasteiger partial charge < -0.3 is 10.1 Å². The van der Waals surface area contributed by atoms with Crippen LogP contribution in [-0.2, 0) is 11.3 Å². The minimum absolute atomic E-state index is 0.209. The number of nitrogens with zero attached hydrogens (tertiary/aromatic N) is 2. The van der Waals surface area contributed by atoms with Crippen molar-refractivity contribution in [1.29, 1.82) is 0 Å². The van der Waals surface area contributed by atoms with E-state index in [0.717, 1.165) is 6.20 Å². The number of aromatic nitrogens is 2. The van der Waals surface area contributed by atoms with Crippen LogP contribution in [-0.4, -0.2) is 36.2 Å². The van der Waals surface area contributed by atoms with Crippen LogP contribution < -0.4 is 10.9 Å². The van der Waals surface area contributed by atoms with E-state index in [1.54, 1.807) is 7.11 Å². The predicted octanol–water partition coefficient (Wildman–Crippen LogP) is 1.91. The first-order chi connectivity index (χ1) is 8.85. The molecule has 1 aromatic heterocycles. The van der Waals surface area contributed by atoms with Crippen molar-refractivity contribution in [2.45, 2.75) is 19.1 Å². The number of hydrogen-bond acceptors (Lipinski definition) is 4. The SMILES string of the molecule is COCCCNc1cnn(CC(F)(F)F)c(=O)c1Cl. The molecule has 0 aliphatic rings. The van der Waals surface area contributed by atoms with E-state index in [4.69, 9.17) is 16.3 Å². The number of hydrogen-bond donors (Lipinski definition) is 1. The fourth-order valence-corrected chi connectivity index (χ4v) is 1.52. The molecular formula is C10H13ClF3N3O2. The van der Waals surface area contributed by atoms with Crippen molar-refractivity contribution in [2.75, 3.05) is 25.6 Å². The summed E-state index contributed by atoms with van der Waals surface area (Å²) in [5.74, 6) is 0. The number of anilines is 1. The zero-order valence-electron chi connectivity index (χ0n) is 10.1. The molecule has 1 rings (SSSR count). The van der Waals surface area contributed by atoms with Crippen molar-refractivity contribution in [1.82, 2.24) is 9.78 Å². The molecule has 0 aliphatic carbocycles. The van der Waals surface area contributed by atoms with Gasteiger partial charge in [-0.2, -0.15) is 18.3 Å². The van der Waals surface area contributed by atoms with E-state index in [-0.39, 0.29) is 15.4 Å². The van der Waals surface area contributed by atoms with Crippen molar-refractivity contribution in [2.24, 2.45) is 0 Å². The lowest BCUT2D eigenvalue weighted by atomic mass is 10.4. The van der Waals surface area contributed by atoms with Gasteiger partial charge in [0.05, 0.1) is 11.9 Å².